The Hall–Kier alpha value is -3.65. The maximum atomic E-state index is 13.4. The SMILES string of the molecule is COc1ccc(COC(=O)C2=C(C)NC3=C(C(=O)CC(C)(C)C3)[C@@H]2c2ccc(Cl)c([N+](=O)[O-])c2)cc1. The minimum atomic E-state index is -0.816. The molecular weight excluding hydrogens is 484 g/mol. The summed E-state index contributed by atoms with van der Waals surface area (Å²) < 4.78 is 10.8. The normalized spacial score (nSPS) is 18.9. The Balaban J connectivity index is 1.75. The number of nitrogens with one attached hydrogen (secondary N) is 1. The van der Waals surface area contributed by atoms with Gasteiger partial charge in [-0.05, 0) is 48.1 Å². The number of benzene rings is 2. The second-order valence-electron chi connectivity index (χ2n) is 9.82. The van der Waals surface area contributed by atoms with E-state index < -0.39 is 16.8 Å². The number of hydrogen-bond donors (Lipinski definition) is 1. The van der Waals surface area contributed by atoms with Crippen molar-refractivity contribution >= 4 is 29.0 Å². The molecule has 0 radical (unpaired) electrons. The highest BCUT2D eigenvalue weighted by atomic mass is 35.5. The molecule has 1 aliphatic heterocycles. The number of carbonyl (C=O) groups is 2. The lowest BCUT2D eigenvalue weighted by atomic mass is 9.68. The van der Waals surface area contributed by atoms with Gasteiger partial charge in [0.25, 0.3) is 5.69 Å². The van der Waals surface area contributed by atoms with E-state index in [1.807, 2.05) is 13.8 Å². The first-order valence-corrected chi connectivity index (χ1v) is 11.9. The molecule has 1 N–H and O–H groups in total. The molecule has 0 unspecified atom stereocenters. The van der Waals surface area contributed by atoms with Crippen LogP contribution in [0.15, 0.2) is 65.0 Å². The number of ketones is 1. The molecule has 1 atom stereocenters. The van der Waals surface area contributed by atoms with Crippen molar-refractivity contribution in [3.8, 4) is 5.75 Å². The summed E-state index contributed by atoms with van der Waals surface area (Å²) >= 11 is 6.05. The molecule has 8 nitrogen and oxygen atoms in total. The van der Waals surface area contributed by atoms with Gasteiger partial charge < -0.3 is 14.8 Å². The van der Waals surface area contributed by atoms with Crippen molar-refractivity contribution < 1.29 is 24.0 Å². The molecule has 0 saturated heterocycles. The number of Topliss-reactive ketones (excluding diaryl/α,β-unsaturated/α-hetero) is 1. The molecular formula is C27H27ClN2O6. The molecule has 1 aliphatic carbocycles. The molecule has 0 saturated carbocycles. The van der Waals surface area contributed by atoms with Crippen molar-refractivity contribution in [2.45, 2.75) is 46.1 Å². The van der Waals surface area contributed by atoms with Gasteiger partial charge in [0, 0.05) is 35.4 Å². The van der Waals surface area contributed by atoms with Crippen LogP contribution >= 0.6 is 11.6 Å². The van der Waals surface area contributed by atoms with Gasteiger partial charge in [0.05, 0.1) is 17.6 Å². The van der Waals surface area contributed by atoms with E-state index in [9.17, 15) is 19.7 Å². The third-order valence-corrected chi connectivity index (χ3v) is 6.81. The van der Waals surface area contributed by atoms with Crippen LogP contribution in [0.4, 0.5) is 5.69 Å². The van der Waals surface area contributed by atoms with Gasteiger partial charge in [-0.2, -0.15) is 0 Å². The van der Waals surface area contributed by atoms with E-state index in [2.05, 4.69) is 5.32 Å². The average Bonchev–Trinajstić information content (AvgIpc) is 2.81. The summed E-state index contributed by atoms with van der Waals surface area (Å²) in [6, 6.07) is 11.5. The Morgan fingerprint density at radius 2 is 1.89 bits per heavy atom. The molecule has 36 heavy (non-hydrogen) atoms. The molecule has 0 aromatic heterocycles. The summed E-state index contributed by atoms with van der Waals surface area (Å²) in [4.78, 5) is 37.8. The first-order valence-electron chi connectivity index (χ1n) is 11.5. The molecule has 0 amide bonds. The van der Waals surface area contributed by atoms with Gasteiger partial charge in [0.15, 0.2) is 5.78 Å². The summed E-state index contributed by atoms with van der Waals surface area (Å²) in [6.07, 6.45) is 0.901. The molecule has 188 valence electrons. The summed E-state index contributed by atoms with van der Waals surface area (Å²) in [6.45, 7) is 5.78. The Morgan fingerprint density at radius 3 is 2.53 bits per heavy atom. The minimum absolute atomic E-state index is 0.0139. The summed E-state index contributed by atoms with van der Waals surface area (Å²) in [7, 11) is 1.57. The number of rotatable bonds is 6. The lowest BCUT2D eigenvalue weighted by Crippen LogP contribution is -2.38. The van der Waals surface area contributed by atoms with E-state index in [1.54, 1.807) is 44.4 Å². The van der Waals surface area contributed by atoms with Crippen LogP contribution in [0.3, 0.4) is 0 Å². The zero-order valence-corrected chi connectivity index (χ0v) is 21.3. The first-order chi connectivity index (χ1) is 17.0. The second-order valence-corrected chi connectivity index (χ2v) is 10.2. The highest BCUT2D eigenvalue weighted by Gasteiger charge is 2.43. The maximum absolute atomic E-state index is 13.4. The smallest absolute Gasteiger partial charge is 0.337 e. The molecule has 1 heterocycles. The molecule has 0 fully saturated rings. The third-order valence-electron chi connectivity index (χ3n) is 6.49. The number of carbonyl (C=O) groups excluding carboxylic acids is 2. The van der Waals surface area contributed by atoms with Gasteiger partial charge in [-0.3, -0.25) is 14.9 Å². The topological polar surface area (TPSA) is 108 Å². The lowest BCUT2D eigenvalue weighted by molar-refractivity contribution is -0.384. The Bertz CT molecular complexity index is 1310. The quantitative estimate of drug-likeness (QED) is 0.306. The van der Waals surface area contributed by atoms with Crippen LogP contribution in [0.25, 0.3) is 0 Å². The van der Waals surface area contributed by atoms with Crippen LogP contribution in [0.5, 0.6) is 5.75 Å². The highest BCUT2D eigenvalue weighted by molar-refractivity contribution is 6.32. The van der Waals surface area contributed by atoms with Gasteiger partial charge >= 0.3 is 5.97 Å². The maximum Gasteiger partial charge on any atom is 0.337 e. The van der Waals surface area contributed by atoms with E-state index in [-0.39, 0.29) is 34.1 Å². The van der Waals surface area contributed by atoms with Gasteiger partial charge in [0.1, 0.15) is 17.4 Å². The summed E-state index contributed by atoms with van der Waals surface area (Å²) in [5.41, 5.74) is 2.60. The number of ether oxygens (including phenoxy) is 2. The third kappa shape index (κ3) is 4.99. The van der Waals surface area contributed by atoms with Crippen molar-refractivity contribution in [2.24, 2.45) is 5.41 Å². The fraction of sp³-hybridized carbons (Fsp3) is 0.333. The van der Waals surface area contributed by atoms with E-state index in [0.717, 1.165) is 11.3 Å². The molecule has 9 heteroatoms. The fourth-order valence-corrected chi connectivity index (χ4v) is 5.02. The molecule has 0 bridgehead atoms. The Morgan fingerprint density at radius 1 is 1.19 bits per heavy atom. The van der Waals surface area contributed by atoms with E-state index in [1.165, 1.54) is 12.1 Å². The van der Waals surface area contributed by atoms with Crippen LogP contribution < -0.4 is 10.1 Å². The van der Waals surface area contributed by atoms with Crippen molar-refractivity contribution in [1.82, 2.24) is 5.32 Å². The second kappa shape index (κ2) is 9.78. The number of halogens is 1. The standard InChI is InChI=1S/C27H27ClN2O6/c1-15-23(26(32)36-14-16-5-8-18(35-4)9-6-16)24(17-7-10-19(28)21(11-17)30(33)34)25-20(29-15)12-27(2,3)13-22(25)31/h5-11,24,29H,12-14H2,1-4H3/t24-/m1/s1. The Labute approximate surface area is 214 Å². The van der Waals surface area contributed by atoms with Crippen molar-refractivity contribution in [2.75, 3.05) is 7.11 Å². The first kappa shape index (κ1) is 25.4. The van der Waals surface area contributed by atoms with Crippen molar-refractivity contribution in [1.29, 1.82) is 0 Å². The molecule has 0 spiro atoms. The van der Waals surface area contributed by atoms with Gasteiger partial charge in [-0.25, -0.2) is 4.79 Å². The number of nitro benzene ring substituents is 1. The van der Waals surface area contributed by atoms with Gasteiger partial charge in [0.2, 0.25) is 0 Å². The predicted octanol–water partition coefficient (Wildman–Crippen LogP) is 5.60. The lowest BCUT2D eigenvalue weighted by Gasteiger charge is -2.39. The summed E-state index contributed by atoms with van der Waals surface area (Å²) in [5, 5.41) is 14.8. The Kier molecular flexibility index (Phi) is 6.91. The number of nitrogens with zero attached hydrogens (tertiary/aromatic N) is 1. The highest BCUT2D eigenvalue weighted by Crippen LogP contribution is 2.47. The molecule has 2 aromatic carbocycles. The number of allylic oxidation sites excluding steroid dienone is 3. The largest absolute Gasteiger partial charge is 0.497 e. The zero-order valence-electron chi connectivity index (χ0n) is 20.5. The average molecular weight is 511 g/mol. The van der Waals surface area contributed by atoms with Gasteiger partial charge in [-0.15, -0.1) is 0 Å². The van der Waals surface area contributed by atoms with Crippen LogP contribution in [0.1, 0.15) is 50.7 Å². The van der Waals surface area contributed by atoms with Gasteiger partial charge in [-0.1, -0.05) is 43.6 Å². The van der Waals surface area contributed by atoms with Crippen molar-refractivity contribution in [3.05, 3.63) is 91.3 Å². The van der Waals surface area contributed by atoms with E-state index >= 15 is 0 Å². The number of dihydropyridines is 1. The van der Waals surface area contributed by atoms with Crippen LogP contribution in [0, 0.1) is 15.5 Å². The van der Waals surface area contributed by atoms with Crippen molar-refractivity contribution in [3.63, 3.8) is 0 Å². The zero-order chi connectivity index (χ0) is 26.2. The molecule has 4 rings (SSSR count). The fourth-order valence-electron chi connectivity index (χ4n) is 4.84. The molecule has 2 aliphatic rings. The number of esters is 1. The monoisotopic (exact) mass is 510 g/mol. The number of nitro groups is 1. The van der Waals surface area contributed by atoms with Crippen LogP contribution in [-0.4, -0.2) is 23.8 Å². The molecule has 2 aromatic rings. The summed E-state index contributed by atoms with van der Waals surface area (Å²) in [5.74, 6) is -0.848. The predicted molar refractivity (Wildman–Crippen MR) is 135 cm³/mol. The van der Waals surface area contributed by atoms with E-state index in [4.69, 9.17) is 21.1 Å². The number of hydrogen-bond acceptors (Lipinski definition) is 7. The number of methoxy groups -OCH3 is 1. The van der Waals surface area contributed by atoms with E-state index in [0.29, 0.717) is 35.4 Å². The van der Waals surface area contributed by atoms with Crippen LogP contribution in [0.2, 0.25) is 5.02 Å². The minimum Gasteiger partial charge on any atom is -0.497 e. The van der Waals surface area contributed by atoms with Crippen LogP contribution in [-0.2, 0) is 20.9 Å².